The lowest BCUT2D eigenvalue weighted by Gasteiger charge is -2.28. The molecule has 0 aliphatic carbocycles. The molecule has 49 heavy (non-hydrogen) atoms. The zero-order valence-corrected chi connectivity index (χ0v) is 28.1. The van der Waals surface area contributed by atoms with E-state index in [9.17, 15) is 27.6 Å². The molecule has 0 unspecified atom stereocenters. The molecule has 4 aromatic rings. The molecule has 0 radical (unpaired) electrons. The average Bonchev–Trinajstić information content (AvgIpc) is 3.34. The highest BCUT2D eigenvalue weighted by Gasteiger charge is 2.33. The Morgan fingerprint density at radius 3 is 2.41 bits per heavy atom. The molecule has 2 aliphatic rings. The third kappa shape index (κ3) is 7.48. The molecular formula is C33H28BrClF4N4O6. The van der Waals surface area contributed by atoms with E-state index < -0.39 is 36.2 Å². The molecule has 1 atom stereocenters. The normalized spacial score (nSPS) is 15.3. The molecule has 10 nitrogen and oxygen atoms in total. The average molecular weight is 768 g/mol. The summed E-state index contributed by atoms with van der Waals surface area (Å²) < 4.78 is 71.9. The Hall–Kier alpha value is -4.34. The predicted molar refractivity (Wildman–Crippen MR) is 173 cm³/mol. The van der Waals surface area contributed by atoms with Crippen LogP contribution >= 0.6 is 27.5 Å². The number of ether oxygens (including phenoxy) is 3. The van der Waals surface area contributed by atoms with E-state index in [-0.39, 0.29) is 60.0 Å². The second-order valence-electron chi connectivity index (χ2n) is 11.5. The van der Waals surface area contributed by atoms with Crippen molar-refractivity contribution in [3.63, 3.8) is 0 Å². The number of carbonyl (C=O) groups excluding carboxylic acids is 2. The Balaban J connectivity index is 1.33. The quantitative estimate of drug-likeness (QED) is 0.208. The summed E-state index contributed by atoms with van der Waals surface area (Å²) in [4.78, 5) is 42.9. The Kier molecular flexibility index (Phi) is 9.78. The summed E-state index contributed by atoms with van der Waals surface area (Å²) in [5.74, 6) is -1.55. The molecule has 1 N–H and O–H groups in total. The van der Waals surface area contributed by atoms with Crippen molar-refractivity contribution < 1.29 is 41.4 Å². The highest BCUT2D eigenvalue weighted by atomic mass is 79.9. The fraction of sp³-hybridized carbons (Fsp3) is 0.303. The molecule has 3 aromatic carbocycles. The van der Waals surface area contributed by atoms with Crippen molar-refractivity contribution in [2.75, 3.05) is 26.4 Å². The van der Waals surface area contributed by atoms with Crippen LogP contribution in [0.15, 0.2) is 69.9 Å². The van der Waals surface area contributed by atoms with E-state index >= 15 is 4.39 Å². The molecule has 2 aliphatic heterocycles. The maximum atomic E-state index is 15.2. The lowest BCUT2D eigenvalue weighted by atomic mass is 10.1. The summed E-state index contributed by atoms with van der Waals surface area (Å²) in [5, 5.41) is 3.08. The maximum Gasteiger partial charge on any atom is 0.422 e. The number of carbonyl (C=O) groups is 2. The van der Waals surface area contributed by atoms with Gasteiger partial charge in [-0.25, -0.2) is 9.18 Å². The Morgan fingerprint density at radius 1 is 1.06 bits per heavy atom. The SMILES string of the molecule is C[C@H](NC(=O)c1c2n(c(=O)n1-c1ccc(OCC(F)(F)F)cc1)CCN(C(=O)c1ccc(Br)c(Cl)c1)C2)c1ccc(OC2COC2)cc1F. The van der Waals surface area contributed by atoms with Gasteiger partial charge in [-0.05, 0) is 71.4 Å². The van der Waals surface area contributed by atoms with Gasteiger partial charge in [0.25, 0.3) is 11.8 Å². The molecule has 1 aromatic heterocycles. The molecule has 16 heteroatoms. The number of halogens is 6. The number of rotatable bonds is 9. The number of imidazole rings is 1. The van der Waals surface area contributed by atoms with Gasteiger partial charge in [0.05, 0.1) is 42.2 Å². The standard InChI is InChI=1S/C33H28BrClF4N4O6/c1-18(24-8-7-22(13-27(24)36)49-23-15-47-16-23)40-30(44)29-28-14-41(31(45)19-2-9-25(34)26(35)12-19)10-11-42(28)32(46)43(29)20-3-5-21(6-4-20)48-17-33(37,38)39/h2-9,12-13,18,23H,10-11,14-17H2,1H3,(H,40,44)/t18-/m0/s1. The molecule has 0 bridgehead atoms. The van der Waals surface area contributed by atoms with Gasteiger partial charge >= 0.3 is 11.9 Å². The number of fused-ring (bicyclic) bond motifs is 1. The Morgan fingerprint density at radius 2 is 1.78 bits per heavy atom. The van der Waals surface area contributed by atoms with Gasteiger partial charge in [-0.1, -0.05) is 17.7 Å². The number of hydrogen-bond acceptors (Lipinski definition) is 6. The summed E-state index contributed by atoms with van der Waals surface area (Å²) in [5.41, 5.74) is 0.0877. The smallest absolute Gasteiger partial charge is 0.422 e. The number of nitrogens with one attached hydrogen (secondary N) is 1. The van der Waals surface area contributed by atoms with Crippen molar-refractivity contribution in [3.8, 4) is 17.2 Å². The van der Waals surface area contributed by atoms with E-state index in [0.717, 1.165) is 4.57 Å². The van der Waals surface area contributed by atoms with Crippen LogP contribution < -0.4 is 20.5 Å². The summed E-state index contributed by atoms with van der Waals surface area (Å²) in [7, 11) is 0. The Bertz CT molecular complexity index is 1960. The maximum absolute atomic E-state index is 15.2. The van der Waals surface area contributed by atoms with Crippen LogP contribution in [0.5, 0.6) is 11.5 Å². The van der Waals surface area contributed by atoms with Gasteiger partial charge in [-0.15, -0.1) is 0 Å². The summed E-state index contributed by atoms with van der Waals surface area (Å²) in [6.07, 6.45) is -4.72. The van der Waals surface area contributed by atoms with Crippen molar-refractivity contribution in [1.82, 2.24) is 19.4 Å². The minimum atomic E-state index is -4.55. The van der Waals surface area contributed by atoms with E-state index in [0.29, 0.717) is 34.0 Å². The molecular weight excluding hydrogens is 740 g/mol. The first-order chi connectivity index (χ1) is 23.3. The van der Waals surface area contributed by atoms with Crippen molar-refractivity contribution in [3.05, 3.63) is 109 Å². The van der Waals surface area contributed by atoms with Gasteiger partial charge in [0.1, 0.15) is 29.1 Å². The molecule has 0 spiro atoms. The van der Waals surface area contributed by atoms with E-state index in [1.165, 1.54) is 51.9 Å². The predicted octanol–water partition coefficient (Wildman–Crippen LogP) is 6.06. The van der Waals surface area contributed by atoms with Crippen molar-refractivity contribution in [2.45, 2.75) is 38.3 Å². The largest absolute Gasteiger partial charge is 0.485 e. The van der Waals surface area contributed by atoms with Crippen LogP contribution in [0.2, 0.25) is 5.02 Å². The van der Waals surface area contributed by atoms with Crippen LogP contribution in [0.1, 0.15) is 45.1 Å². The molecule has 3 heterocycles. The lowest BCUT2D eigenvalue weighted by molar-refractivity contribution is -0.153. The number of benzene rings is 3. The van der Waals surface area contributed by atoms with Crippen LogP contribution in [-0.4, -0.2) is 64.5 Å². The second kappa shape index (κ2) is 13.9. The van der Waals surface area contributed by atoms with Crippen molar-refractivity contribution in [1.29, 1.82) is 0 Å². The fourth-order valence-electron chi connectivity index (χ4n) is 5.52. The number of alkyl halides is 3. The van der Waals surface area contributed by atoms with Gasteiger partial charge in [-0.2, -0.15) is 13.2 Å². The molecule has 2 amide bonds. The molecule has 6 rings (SSSR count). The van der Waals surface area contributed by atoms with E-state index in [1.807, 2.05) is 0 Å². The van der Waals surface area contributed by atoms with Crippen LogP contribution in [0, 0.1) is 5.82 Å². The van der Waals surface area contributed by atoms with Crippen molar-refractivity contribution >= 4 is 39.3 Å². The second-order valence-corrected chi connectivity index (χ2v) is 12.7. The molecule has 1 saturated heterocycles. The molecule has 1 fully saturated rings. The number of aromatic nitrogens is 2. The topological polar surface area (TPSA) is 104 Å². The summed E-state index contributed by atoms with van der Waals surface area (Å²) in [6.45, 7) is 0.918. The zero-order valence-electron chi connectivity index (χ0n) is 25.7. The first-order valence-corrected chi connectivity index (χ1v) is 16.2. The third-order valence-electron chi connectivity index (χ3n) is 8.04. The monoisotopic (exact) mass is 766 g/mol. The molecule has 258 valence electrons. The first-order valence-electron chi connectivity index (χ1n) is 15.0. The minimum Gasteiger partial charge on any atom is -0.485 e. The van der Waals surface area contributed by atoms with Gasteiger partial charge < -0.3 is 24.4 Å². The van der Waals surface area contributed by atoms with Crippen LogP contribution in [-0.2, 0) is 17.8 Å². The third-order valence-corrected chi connectivity index (χ3v) is 9.27. The van der Waals surface area contributed by atoms with Gasteiger partial charge in [0, 0.05) is 34.8 Å². The van der Waals surface area contributed by atoms with Crippen LogP contribution in [0.25, 0.3) is 5.69 Å². The van der Waals surface area contributed by atoms with Gasteiger partial charge in [-0.3, -0.25) is 18.7 Å². The number of amides is 2. The van der Waals surface area contributed by atoms with Crippen LogP contribution in [0.3, 0.4) is 0 Å². The van der Waals surface area contributed by atoms with Crippen molar-refractivity contribution in [2.24, 2.45) is 0 Å². The summed E-state index contributed by atoms with van der Waals surface area (Å²) in [6, 6.07) is 13.3. The van der Waals surface area contributed by atoms with E-state index in [1.54, 1.807) is 25.1 Å². The number of hydrogen-bond donors (Lipinski definition) is 1. The number of nitrogens with zero attached hydrogens (tertiary/aromatic N) is 3. The van der Waals surface area contributed by atoms with Gasteiger partial charge in [0.15, 0.2) is 6.61 Å². The highest BCUT2D eigenvalue weighted by molar-refractivity contribution is 9.10. The van der Waals surface area contributed by atoms with E-state index in [4.69, 9.17) is 25.8 Å². The Labute approximate surface area is 290 Å². The fourth-order valence-corrected chi connectivity index (χ4v) is 5.95. The minimum absolute atomic E-state index is 0.0436. The van der Waals surface area contributed by atoms with Crippen LogP contribution in [0.4, 0.5) is 17.6 Å². The summed E-state index contributed by atoms with van der Waals surface area (Å²) >= 11 is 9.52. The molecule has 0 saturated carbocycles. The highest BCUT2D eigenvalue weighted by Crippen LogP contribution is 2.28. The lowest BCUT2D eigenvalue weighted by Crippen LogP contribution is -2.41. The van der Waals surface area contributed by atoms with Gasteiger partial charge in [0.2, 0.25) is 0 Å². The zero-order chi connectivity index (χ0) is 35.0. The first kappa shape index (κ1) is 34.5. The van der Waals surface area contributed by atoms with E-state index in [2.05, 4.69) is 21.2 Å².